The number of thiazole rings is 1. The van der Waals surface area contributed by atoms with Crippen LogP contribution in [0.2, 0.25) is 0 Å². The van der Waals surface area contributed by atoms with Gasteiger partial charge in [-0.05, 0) is 32.6 Å². The van der Waals surface area contributed by atoms with Gasteiger partial charge in [0.1, 0.15) is 11.1 Å². The van der Waals surface area contributed by atoms with Crippen molar-refractivity contribution < 1.29 is 4.74 Å². The molecule has 1 saturated carbocycles. The maximum Gasteiger partial charge on any atom is 0.122 e. The third kappa shape index (κ3) is 3.31. The average Bonchev–Trinajstić information content (AvgIpc) is 2.86. The molecule has 1 aliphatic carbocycles. The predicted molar refractivity (Wildman–Crippen MR) is 75.7 cm³/mol. The number of nitrogens with two attached hydrogens (primary N) is 1. The Bertz CT molecular complexity index is 358. The highest BCUT2D eigenvalue weighted by Crippen LogP contribution is 2.38. The Morgan fingerprint density at radius 3 is 2.72 bits per heavy atom. The molecule has 0 saturated heterocycles. The summed E-state index contributed by atoms with van der Waals surface area (Å²) in [6.07, 6.45) is 8.69. The molecule has 2 atom stereocenters. The van der Waals surface area contributed by atoms with Gasteiger partial charge in [0.2, 0.25) is 0 Å². The molecule has 0 aliphatic heterocycles. The normalized spacial score (nSPS) is 20.8. The molecular formula is C14H24N2OS. The lowest BCUT2D eigenvalue weighted by molar-refractivity contribution is 0.00551. The minimum atomic E-state index is 0.0740. The second-order valence-electron chi connectivity index (χ2n) is 5.16. The lowest BCUT2D eigenvalue weighted by Crippen LogP contribution is -2.19. The van der Waals surface area contributed by atoms with Crippen molar-refractivity contribution in [1.82, 2.24) is 4.98 Å². The van der Waals surface area contributed by atoms with Gasteiger partial charge in [0.15, 0.2) is 0 Å². The van der Waals surface area contributed by atoms with Gasteiger partial charge in [-0.25, -0.2) is 4.98 Å². The molecule has 1 aliphatic rings. The molecule has 2 N–H and O–H groups in total. The van der Waals surface area contributed by atoms with Gasteiger partial charge in [-0.2, -0.15) is 0 Å². The van der Waals surface area contributed by atoms with E-state index in [0.29, 0.717) is 5.92 Å². The molecule has 1 fully saturated rings. The number of nitrogens with zero attached hydrogens (tertiary/aromatic N) is 1. The summed E-state index contributed by atoms with van der Waals surface area (Å²) >= 11 is 1.72. The van der Waals surface area contributed by atoms with Crippen molar-refractivity contribution in [3.05, 3.63) is 16.1 Å². The minimum Gasteiger partial charge on any atom is -0.371 e. The highest BCUT2D eigenvalue weighted by Gasteiger charge is 2.28. The van der Waals surface area contributed by atoms with E-state index in [-0.39, 0.29) is 12.1 Å². The van der Waals surface area contributed by atoms with Crippen LogP contribution in [-0.4, -0.2) is 11.6 Å². The summed E-state index contributed by atoms with van der Waals surface area (Å²) in [4.78, 5) is 5.70. The quantitative estimate of drug-likeness (QED) is 0.883. The van der Waals surface area contributed by atoms with Crippen molar-refractivity contribution in [2.45, 2.75) is 58.1 Å². The zero-order valence-corrected chi connectivity index (χ0v) is 12.2. The van der Waals surface area contributed by atoms with E-state index >= 15 is 0 Å². The predicted octanol–water partition coefficient (Wildman–Crippen LogP) is 3.82. The van der Waals surface area contributed by atoms with Crippen LogP contribution in [0.3, 0.4) is 0 Å². The van der Waals surface area contributed by atoms with Gasteiger partial charge in [-0.1, -0.05) is 19.3 Å². The number of ether oxygens (including phenoxy) is 1. The highest BCUT2D eigenvalue weighted by atomic mass is 32.1. The van der Waals surface area contributed by atoms with Crippen LogP contribution >= 0.6 is 11.3 Å². The van der Waals surface area contributed by atoms with Crippen molar-refractivity contribution in [2.24, 2.45) is 11.7 Å². The third-order valence-electron chi connectivity index (χ3n) is 3.66. The summed E-state index contributed by atoms with van der Waals surface area (Å²) in [5, 5.41) is 1.12. The van der Waals surface area contributed by atoms with E-state index in [1.165, 1.54) is 32.1 Å². The summed E-state index contributed by atoms with van der Waals surface area (Å²) in [6, 6.07) is 0.0740. The second-order valence-corrected chi connectivity index (χ2v) is 6.26. The van der Waals surface area contributed by atoms with Crippen LogP contribution in [0.1, 0.15) is 68.0 Å². The Morgan fingerprint density at radius 1 is 1.44 bits per heavy atom. The Kier molecular flexibility index (Phi) is 5.15. The minimum absolute atomic E-state index is 0.0740. The smallest absolute Gasteiger partial charge is 0.122 e. The average molecular weight is 268 g/mol. The number of hydrogen-bond acceptors (Lipinski definition) is 4. The Labute approximate surface area is 114 Å². The number of rotatable bonds is 5. The SMILES string of the molecule is CCOC(c1ncc(C(C)N)s1)C1CCCCC1. The van der Waals surface area contributed by atoms with Crippen molar-refractivity contribution in [3.8, 4) is 0 Å². The van der Waals surface area contributed by atoms with Gasteiger partial charge in [-0.15, -0.1) is 11.3 Å². The van der Waals surface area contributed by atoms with E-state index in [4.69, 9.17) is 10.5 Å². The van der Waals surface area contributed by atoms with Crippen molar-refractivity contribution in [2.75, 3.05) is 6.61 Å². The summed E-state index contributed by atoms with van der Waals surface area (Å²) in [5.41, 5.74) is 5.91. The summed E-state index contributed by atoms with van der Waals surface area (Å²) in [6.45, 7) is 4.83. The highest BCUT2D eigenvalue weighted by molar-refractivity contribution is 7.11. The molecule has 3 nitrogen and oxygen atoms in total. The van der Waals surface area contributed by atoms with Gasteiger partial charge < -0.3 is 10.5 Å². The fourth-order valence-corrected chi connectivity index (χ4v) is 3.68. The van der Waals surface area contributed by atoms with Crippen LogP contribution in [-0.2, 0) is 4.74 Å². The molecule has 18 heavy (non-hydrogen) atoms. The molecule has 0 spiro atoms. The van der Waals surface area contributed by atoms with E-state index in [9.17, 15) is 0 Å². The molecule has 4 heteroatoms. The first-order valence-corrected chi connectivity index (χ1v) is 7.86. The Hall–Kier alpha value is -0.450. The van der Waals surface area contributed by atoms with Crippen LogP contribution in [0.15, 0.2) is 6.20 Å². The van der Waals surface area contributed by atoms with E-state index < -0.39 is 0 Å². The zero-order chi connectivity index (χ0) is 13.0. The largest absolute Gasteiger partial charge is 0.371 e. The third-order valence-corrected chi connectivity index (χ3v) is 4.92. The standard InChI is InChI=1S/C14H24N2OS/c1-3-17-13(11-7-5-4-6-8-11)14-16-9-12(18-14)10(2)15/h9-11,13H,3-8,15H2,1-2H3. The summed E-state index contributed by atoms with van der Waals surface area (Å²) in [5.74, 6) is 0.644. The second kappa shape index (κ2) is 6.64. The first kappa shape index (κ1) is 14.0. The van der Waals surface area contributed by atoms with Crippen LogP contribution in [0.4, 0.5) is 0 Å². The lowest BCUT2D eigenvalue weighted by Gasteiger charge is -2.28. The van der Waals surface area contributed by atoms with Gasteiger partial charge in [-0.3, -0.25) is 0 Å². The Balaban J connectivity index is 2.11. The molecule has 2 unspecified atom stereocenters. The van der Waals surface area contributed by atoms with Crippen molar-refractivity contribution in [3.63, 3.8) is 0 Å². The first-order valence-electron chi connectivity index (χ1n) is 7.05. The molecule has 1 heterocycles. The summed E-state index contributed by atoms with van der Waals surface area (Å²) < 4.78 is 5.97. The van der Waals surface area contributed by atoms with E-state index in [0.717, 1.165) is 16.5 Å². The van der Waals surface area contributed by atoms with Gasteiger partial charge >= 0.3 is 0 Å². The lowest BCUT2D eigenvalue weighted by atomic mass is 9.85. The molecule has 0 amide bonds. The zero-order valence-electron chi connectivity index (χ0n) is 11.4. The maximum atomic E-state index is 5.97. The van der Waals surface area contributed by atoms with E-state index in [1.54, 1.807) is 11.3 Å². The molecular weight excluding hydrogens is 244 g/mol. The molecule has 1 aromatic rings. The molecule has 1 aromatic heterocycles. The topological polar surface area (TPSA) is 48.1 Å². The first-order chi connectivity index (χ1) is 8.72. The molecule has 0 bridgehead atoms. The van der Waals surface area contributed by atoms with Gasteiger partial charge in [0.25, 0.3) is 0 Å². The maximum absolute atomic E-state index is 5.97. The van der Waals surface area contributed by atoms with E-state index in [1.807, 2.05) is 13.1 Å². The molecule has 2 rings (SSSR count). The Morgan fingerprint density at radius 2 is 2.17 bits per heavy atom. The number of aromatic nitrogens is 1. The van der Waals surface area contributed by atoms with Crippen LogP contribution in [0.5, 0.6) is 0 Å². The fraction of sp³-hybridized carbons (Fsp3) is 0.786. The molecule has 0 radical (unpaired) electrons. The van der Waals surface area contributed by atoms with E-state index in [2.05, 4.69) is 11.9 Å². The van der Waals surface area contributed by atoms with Crippen LogP contribution in [0.25, 0.3) is 0 Å². The monoisotopic (exact) mass is 268 g/mol. The van der Waals surface area contributed by atoms with Gasteiger partial charge in [0.05, 0.1) is 0 Å². The fourth-order valence-electron chi connectivity index (χ4n) is 2.67. The molecule has 0 aromatic carbocycles. The van der Waals surface area contributed by atoms with Crippen molar-refractivity contribution >= 4 is 11.3 Å². The van der Waals surface area contributed by atoms with Crippen LogP contribution < -0.4 is 5.73 Å². The van der Waals surface area contributed by atoms with Crippen molar-refractivity contribution in [1.29, 1.82) is 0 Å². The summed E-state index contributed by atoms with van der Waals surface area (Å²) in [7, 11) is 0. The van der Waals surface area contributed by atoms with Gasteiger partial charge in [0, 0.05) is 23.7 Å². The molecule has 102 valence electrons. The number of hydrogen-bond donors (Lipinski definition) is 1. The van der Waals surface area contributed by atoms with Crippen LogP contribution in [0, 0.1) is 5.92 Å².